The number of amides is 2. The van der Waals surface area contributed by atoms with E-state index in [2.05, 4.69) is 4.98 Å². The number of hydrogen-bond donors (Lipinski definition) is 1. The molecule has 1 spiro atoms. The SMILES string of the molecule is Nc1nc(C(=O)N2CC[C@@]34O[C@H](c5ccccc5)CN3C(=O)C[C@@H]24)cs1. The van der Waals surface area contributed by atoms with E-state index in [1.54, 1.807) is 10.3 Å². The molecule has 4 heterocycles. The van der Waals surface area contributed by atoms with Crippen molar-refractivity contribution in [2.75, 3.05) is 18.8 Å². The molecule has 3 atom stereocenters. The predicted octanol–water partition coefficient (Wildman–Crippen LogP) is 1.64. The van der Waals surface area contributed by atoms with E-state index in [0.29, 0.717) is 36.8 Å². The lowest BCUT2D eigenvalue weighted by atomic mass is 10.1. The molecule has 134 valence electrons. The summed E-state index contributed by atoms with van der Waals surface area (Å²) in [4.78, 5) is 33.2. The van der Waals surface area contributed by atoms with Crippen LogP contribution in [0.5, 0.6) is 0 Å². The minimum Gasteiger partial charge on any atom is -0.375 e. The summed E-state index contributed by atoms with van der Waals surface area (Å²) in [5, 5.41) is 2.03. The van der Waals surface area contributed by atoms with Crippen LogP contribution in [0.3, 0.4) is 0 Å². The number of carbonyl (C=O) groups excluding carboxylic acids is 2. The molecular formula is C18H18N4O3S. The van der Waals surface area contributed by atoms with Gasteiger partial charge in [-0.05, 0) is 5.56 Å². The number of carbonyl (C=O) groups is 2. The zero-order chi connectivity index (χ0) is 17.9. The van der Waals surface area contributed by atoms with Crippen molar-refractivity contribution in [3.05, 3.63) is 47.0 Å². The molecule has 3 saturated heterocycles. The quantitative estimate of drug-likeness (QED) is 0.868. The summed E-state index contributed by atoms with van der Waals surface area (Å²) < 4.78 is 6.44. The minimum absolute atomic E-state index is 0.0451. The molecule has 0 aliphatic carbocycles. The maximum atomic E-state index is 12.9. The van der Waals surface area contributed by atoms with Gasteiger partial charge in [0, 0.05) is 18.3 Å². The second-order valence-corrected chi connectivity index (χ2v) is 7.80. The predicted molar refractivity (Wildman–Crippen MR) is 95.3 cm³/mol. The molecule has 2 N–H and O–H groups in total. The fourth-order valence-electron chi connectivity index (χ4n) is 4.44. The number of ether oxygens (including phenoxy) is 1. The summed E-state index contributed by atoms with van der Waals surface area (Å²) in [6, 6.07) is 9.64. The molecule has 8 heteroatoms. The Morgan fingerprint density at radius 1 is 1.35 bits per heavy atom. The van der Waals surface area contributed by atoms with E-state index in [0.717, 1.165) is 5.56 Å². The Balaban J connectivity index is 1.45. The highest BCUT2D eigenvalue weighted by Gasteiger charge is 2.65. The summed E-state index contributed by atoms with van der Waals surface area (Å²) in [6.45, 7) is 1.08. The van der Waals surface area contributed by atoms with Gasteiger partial charge in [0.1, 0.15) is 11.8 Å². The summed E-state index contributed by atoms with van der Waals surface area (Å²) in [7, 11) is 0. The van der Waals surface area contributed by atoms with Crippen molar-refractivity contribution in [2.24, 2.45) is 0 Å². The van der Waals surface area contributed by atoms with Crippen LogP contribution in [0.25, 0.3) is 0 Å². The number of thiazole rings is 1. The molecule has 0 unspecified atom stereocenters. The summed E-state index contributed by atoms with van der Waals surface area (Å²) in [5.41, 5.74) is 6.34. The summed E-state index contributed by atoms with van der Waals surface area (Å²) in [6.07, 6.45) is 0.762. The van der Waals surface area contributed by atoms with Crippen LogP contribution < -0.4 is 5.73 Å². The van der Waals surface area contributed by atoms with Crippen LogP contribution >= 0.6 is 11.3 Å². The van der Waals surface area contributed by atoms with E-state index in [-0.39, 0.29) is 24.0 Å². The number of rotatable bonds is 2. The topological polar surface area (TPSA) is 88.8 Å². The first-order chi connectivity index (χ1) is 12.6. The van der Waals surface area contributed by atoms with Crippen LogP contribution in [0, 0.1) is 0 Å². The fourth-order valence-corrected chi connectivity index (χ4v) is 4.98. The standard InChI is InChI=1S/C18H18N4O3S/c19-17-20-12(10-26-17)16(24)21-7-6-18-14(21)8-15(23)22(18)9-13(25-18)11-4-2-1-3-5-11/h1-5,10,13-14H,6-9H2,(H2,19,20)/t13-,14+,18-/m0/s1. The molecule has 0 radical (unpaired) electrons. The normalized spacial score (nSPS) is 29.9. The Kier molecular flexibility index (Phi) is 3.35. The van der Waals surface area contributed by atoms with Crippen LogP contribution in [-0.4, -0.2) is 51.5 Å². The van der Waals surface area contributed by atoms with Gasteiger partial charge in [-0.15, -0.1) is 11.3 Å². The second-order valence-electron chi connectivity index (χ2n) is 6.91. The number of aromatic nitrogens is 1. The van der Waals surface area contributed by atoms with Crippen LogP contribution in [0.2, 0.25) is 0 Å². The molecule has 5 rings (SSSR count). The Labute approximate surface area is 154 Å². The molecule has 3 fully saturated rings. The number of likely N-dealkylation sites (tertiary alicyclic amines) is 1. The molecule has 2 aromatic rings. The molecule has 3 aliphatic heterocycles. The van der Waals surface area contributed by atoms with Crippen LogP contribution in [0.1, 0.15) is 35.0 Å². The first-order valence-corrected chi connectivity index (χ1v) is 9.52. The van der Waals surface area contributed by atoms with Gasteiger partial charge in [-0.1, -0.05) is 30.3 Å². The average molecular weight is 370 g/mol. The number of nitrogens with two attached hydrogens (primary N) is 1. The molecule has 2 amide bonds. The Morgan fingerprint density at radius 2 is 2.15 bits per heavy atom. The van der Waals surface area contributed by atoms with E-state index >= 15 is 0 Å². The van der Waals surface area contributed by atoms with Gasteiger partial charge in [-0.25, -0.2) is 4.98 Å². The van der Waals surface area contributed by atoms with Crippen molar-refractivity contribution in [1.82, 2.24) is 14.8 Å². The van der Waals surface area contributed by atoms with Gasteiger partial charge < -0.3 is 20.3 Å². The van der Waals surface area contributed by atoms with Crippen LogP contribution in [0.15, 0.2) is 35.7 Å². The molecule has 1 aromatic carbocycles. The van der Waals surface area contributed by atoms with Crippen LogP contribution in [0.4, 0.5) is 5.13 Å². The van der Waals surface area contributed by atoms with E-state index in [9.17, 15) is 9.59 Å². The van der Waals surface area contributed by atoms with E-state index in [4.69, 9.17) is 10.5 Å². The van der Waals surface area contributed by atoms with E-state index in [1.807, 2.05) is 35.2 Å². The first kappa shape index (κ1) is 15.8. The smallest absolute Gasteiger partial charge is 0.273 e. The molecule has 1 aromatic heterocycles. The van der Waals surface area contributed by atoms with Gasteiger partial charge in [-0.3, -0.25) is 9.59 Å². The third kappa shape index (κ3) is 2.12. The van der Waals surface area contributed by atoms with Crippen molar-refractivity contribution in [3.8, 4) is 0 Å². The Hall–Kier alpha value is -2.45. The highest BCUT2D eigenvalue weighted by atomic mass is 32.1. The van der Waals surface area contributed by atoms with Crippen molar-refractivity contribution < 1.29 is 14.3 Å². The number of benzene rings is 1. The lowest BCUT2D eigenvalue weighted by molar-refractivity contribution is -0.138. The van der Waals surface area contributed by atoms with Crippen molar-refractivity contribution in [1.29, 1.82) is 0 Å². The van der Waals surface area contributed by atoms with Crippen molar-refractivity contribution in [2.45, 2.75) is 30.7 Å². The summed E-state index contributed by atoms with van der Waals surface area (Å²) in [5.74, 6) is -0.134. The average Bonchev–Trinajstić information content (AvgIpc) is 3.37. The number of nitrogen functional groups attached to an aromatic ring is 1. The monoisotopic (exact) mass is 370 g/mol. The number of anilines is 1. The van der Waals surface area contributed by atoms with Gasteiger partial charge >= 0.3 is 0 Å². The molecule has 0 bridgehead atoms. The lowest BCUT2D eigenvalue weighted by Crippen LogP contribution is -2.48. The van der Waals surface area contributed by atoms with Gasteiger partial charge in [0.05, 0.1) is 19.0 Å². The maximum Gasteiger partial charge on any atom is 0.273 e. The van der Waals surface area contributed by atoms with Crippen molar-refractivity contribution >= 4 is 28.3 Å². The fraction of sp³-hybridized carbons (Fsp3) is 0.389. The molecule has 26 heavy (non-hydrogen) atoms. The maximum absolute atomic E-state index is 12.9. The van der Waals surface area contributed by atoms with Gasteiger partial charge in [0.2, 0.25) is 5.91 Å². The zero-order valence-corrected chi connectivity index (χ0v) is 14.8. The third-order valence-electron chi connectivity index (χ3n) is 5.60. The Morgan fingerprint density at radius 3 is 2.88 bits per heavy atom. The molecule has 3 aliphatic rings. The Bertz CT molecular complexity index is 886. The highest BCUT2D eigenvalue weighted by molar-refractivity contribution is 7.13. The minimum atomic E-state index is -0.713. The van der Waals surface area contributed by atoms with Gasteiger partial charge in [0.25, 0.3) is 5.91 Å². The third-order valence-corrected chi connectivity index (χ3v) is 6.28. The van der Waals surface area contributed by atoms with Gasteiger partial charge in [-0.2, -0.15) is 0 Å². The molecule has 7 nitrogen and oxygen atoms in total. The zero-order valence-electron chi connectivity index (χ0n) is 14.0. The second kappa shape index (κ2) is 5.52. The van der Waals surface area contributed by atoms with E-state index in [1.165, 1.54) is 11.3 Å². The summed E-state index contributed by atoms with van der Waals surface area (Å²) >= 11 is 1.24. The molecular weight excluding hydrogens is 352 g/mol. The first-order valence-electron chi connectivity index (χ1n) is 8.64. The number of nitrogens with zero attached hydrogens (tertiary/aromatic N) is 3. The molecule has 0 saturated carbocycles. The van der Waals surface area contributed by atoms with Crippen molar-refractivity contribution in [3.63, 3.8) is 0 Å². The van der Waals surface area contributed by atoms with E-state index < -0.39 is 5.72 Å². The number of hydrogen-bond acceptors (Lipinski definition) is 6. The van der Waals surface area contributed by atoms with Gasteiger partial charge in [0.15, 0.2) is 10.9 Å². The highest BCUT2D eigenvalue weighted by Crippen LogP contribution is 2.50. The lowest BCUT2D eigenvalue weighted by Gasteiger charge is -2.31. The van der Waals surface area contributed by atoms with Crippen LogP contribution in [-0.2, 0) is 9.53 Å². The largest absolute Gasteiger partial charge is 0.375 e.